The Labute approximate surface area is 117 Å². The average molecular weight is 299 g/mol. The number of hydrogen-bond acceptors (Lipinski definition) is 6. The third kappa shape index (κ3) is 2.07. The van der Waals surface area contributed by atoms with Gasteiger partial charge in [0.15, 0.2) is 22.0 Å². The van der Waals surface area contributed by atoms with Gasteiger partial charge in [-0.1, -0.05) is 11.6 Å². The van der Waals surface area contributed by atoms with Gasteiger partial charge in [0.25, 0.3) is 5.56 Å². The lowest BCUT2D eigenvalue weighted by Gasteiger charge is -2.08. The van der Waals surface area contributed by atoms with Crippen LogP contribution < -0.4 is 11.2 Å². The van der Waals surface area contributed by atoms with Crippen molar-refractivity contribution < 1.29 is 9.53 Å². The lowest BCUT2D eigenvalue weighted by atomic mass is 10.4. The fraction of sp³-hybridized carbons (Fsp3) is 0.364. The minimum absolute atomic E-state index is 0.0103. The Balaban J connectivity index is 2.87. The molecule has 0 aliphatic heterocycles. The summed E-state index contributed by atoms with van der Waals surface area (Å²) >= 11 is 5.85. The number of aromatic nitrogens is 4. The number of carbonyl (C=O) groups is 1. The molecule has 0 bridgehead atoms. The highest BCUT2D eigenvalue weighted by atomic mass is 35.5. The first kappa shape index (κ1) is 14.2. The first-order valence-corrected chi connectivity index (χ1v) is 6.06. The highest BCUT2D eigenvalue weighted by Crippen LogP contribution is 2.14. The normalized spacial score (nSPS) is 10.8. The Morgan fingerprint density at radius 2 is 1.90 bits per heavy atom. The average Bonchev–Trinajstić information content (AvgIpc) is 2.42. The van der Waals surface area contributed by atoms with Crippen LogP contribution in [0.2, 0.25) is 5.15 Å². The molecular weight excluding hydrogens is 288 g/mol. The standard InChI is InChI=1S/C11H11ClN4O4/c1-4-20-10(18)5-7(12)14-8-6(13-5)9(17)16(3)11(19)15(8)2/h4H2,1-3H3. The molecule has 2 rings (SSSR count). The Morgan fingerprint density at radius 3 is 2.50 bits per heavy atom. The molecule has 0 spiro atoms. The predicted molar refractivity (Wildman–Crippen MR) is 71.0 cm³/mol. The largest absolute Gasteiger partial charge is 0.461 e. The molecule has 0 saturated heterocycles. The molecular formula is C11H11ClN4O4. The van der Waals surface area contributed by atoms with Gasteiger partial charge in [-0.05, 0) is 6.92 Å². The summed E-state index contributed by atoms with van der Waals surface area (Å²) in [6.07, 6.45) is 0. The first-order chi connectivity index (χ1) is 9.38. The van der Waals surface area contributed by atoms with Crippen molar-refractivity contribution >= 4 is 28.7 Å². The molecule has 0 unspecified atom stereocenters. The third-order valence-corrected chi connectivity index (χ3v) is 2.97. The Morgan fingerprint density at radius 1 is 1.25 bits per heavy atom. The molecule has 8 nitrogen and oxygen atoms in total. The van der Waals surface area contributed by atoms with Gasteiger partial charge < -0.3 is 4.74 Å². The van der Waals surface area contributed by atoms with Gasteiger partial charge in [-0.15, -0.1) is 0 Å². The van der Waals surface area contributed by atoms with Crippen LogP contribution in [-0.2, 0) is 18.8 Å². The second-order valence-corrected chi connectivity index (χ2v) is 4.32. The molecule has 2 aromatic heterocycles. The number of nitrogens with zero attached hydrogens (tertiary/aromatic N) is 4. The van der Waals surface area contributed by atoms with E-state index in [0.717, 1.165) is 9.13 Å². The molecule has 0 aliphatic rings. The summed E-state index contributed by atoms with van der Waals surface area (Å²) < 4.78 is 6.78. The van der Waals surface area contributed by atoms with Crippen molar-refractivity contribution in [2.24, 2.45) is 14.1 Å². The van der Waals surface area contributed by atoms with E-state index in [-0.39, 0.29) is 28.6 Å². The number of halogens is 1. The van der Waals surface area contributed by atoms with E-state index in [1.54, 1.807) is 6.92 Å². The zero-order valence-corrected chi connectivity index (χ0v) is 11.8. The van der Waals surface area contributed by atoms with E-state index in [9.17, 15) is 14.4 Å². The van der Waals surface area contributed by atoms with E-state index in [2.05, 4.69) is 9.97 Å². The lowest BCUT2D eigenvalue weighted by molar-refractivity contribution is 0.0519. The van der Waals surface area contributed by atoms with E-state index < -0.39 is 17.2 Å². The molecule has 0 aliphatic carbocycles. The Kier molecular flexibility index (Phi) is 3.58. The first-order valence-electron chi connectivity index (χ1n) is 5.68. The van der Waals surface area contributed by atoms with E-state index in [1.165, 1.54) is 14.1 Å². The minimum atomic E-state index is -0.775. The van der Waals surface area contributed by atoms with Gasteiger partial charge in [0.1, 0.15) is 0 Å². The minimum Gasteiger partial charge on any atom is -0.461 e. The van der Waals surface area contributed by atoms with E-state index >= 15 is 0 Å². The van der Waals surface area contributed by atoms with Crippen molar-refractivity contribution in [3.63, 3.8) is 0 Å². The van der Waals surface area contributed by atoms with Crippen LogP contribution in [0.3, 0.4) is 0 Å². The summed E-state index contributed by atoms with van der Waals surface area (Å²) in [5.74, 6) is -0.775. The van der Waals surface area contributed by atoms with Crippen LogP contribution in [0.15, 0.2) is 9.59 Å². The summed E-state index contributed by atoms with van der Waals surface area (Å²) in [5, 5.41) is -0.223. The topological polar surface area (TPSA) is 96.1 Å². The SMILES string of the molecule is CCOC(=O)c1nc2c(=O)n(C)c(=O)n(C)c2nc1Cl. The number of ether oxygens (including phenoxy) is 1. The molecule has 0 amide bonds. The summed E-state index contributed by atoms with van der Waals surface area (Å²) in [6, 6.07) is 0. The zero-order chi connectivity index (χ0) is 15.0. The third-order valence-electron chi connectivity index (χ3n) is 2.70. The number of esters is 1. The molecule has 106 valence electrons. The van der Waals surface area contributed by atoms with Crippen LogP contribution in [0, 0.1) is 0 Å². The molecule has 2 heterocycles. The monoisotopic (exact) mass is 298 g/mol. The molecule has 0 N–H and O–H groups in total. The van der Waals surface area contributed by atoms with Crippen molar-refractivity contribution in [2.45, 2.75) is 6.92 Å². The molecule has 9 heteroatoms. The van der Waals surface area contributed by atoms with E-state index in [4.69, 9.17) is 16.3 Å². The van der Waals surface area contributed by atoms with E-state index in [0.29, 0.717) is 0 Å². The maximum atomic E-state index is 12.0. The lowest BCUT2D eigenvalue weighted by Crippen LogP contribution is -2.38. The number of fused-ring (bicyclic) bond motifs is 1. The number of aryl methyl sites for hydroxylation is 1. The number of hydrogen-bond donors (Lipinski definition) is 0. The van der Waals surface area contributed by atoms with Gasteiger partial charge in [0.2, 0.25) is 0 Å². The molecule has 0 aromatic carbocycles. The summed E-state index contributed by atoms with van der Waals surface area (Å²) in [4.78, 5) is 43.2. The molecule has 0 radical (unpaired) electrons. The second-order valence-electron chi connectivity index (χ2n) is 3.96. The van der Waals surface area contributed by atoms with E-state index in [1.807, 2.05) is 0 Å². The fourth-order valence-corrected chi connectivity index (χ4v) is 1.87. The summed E-state index contributed by atoms with van der Waals surface area (Å²) in [5.41, 5.74) is -1.58. The zero-order valence-electron chi connectivity index (χ0n) is 11.0. The molecule has 20 heavy (non-hydrogen) atoms. The van der Waals surface area contributed by atoms with Crippen molar-refractivity contribution in [3.8, 4) is 0 Å². The summed E-state index contributed by atoms with van der Waals surface area (Å²) in [6.45, 7) is 1.77. The van der Waals surface area contributed by atoms with Gasteiger partial charge in [-0.25, -0.2) is 19.6 Å². The van der Waals surface area contributed by atoms with Crippen LogP contribution in [0.1, 0.15) is 17.4 Å². The van der Waals surface area contributed by atoms with Crippen LogP contribution in [-0.4, -0.2) is 31.7 Å². The predicted octanol–water partition coefficient (Wildman–Crippen LogP) is -0.143. The molecule has 0 saturated carbocycles. The maximum absolute atomic E-state index is 12.0. The maximum Gasteiger partial charge on any atom is 0.360 e. The highest BCUT2D eigenvalue weighted by Gasteiger charge is 2.20. The second kappa shape index (κ2) is 5.04. The molecule has 0 fully saturated rings. The Hall–Kier alpha value is -2.22. The van der Waals surface area contributed by atoms with Crippen molar-refractivity contribution in [3.05, 3.63) is 31.7 Å². The van der Waals surface area contributed by atoms with Crippen molar-refractivity contribution in [1.29, 1.82) is 0 Å². The Bertz CT molecular complexity index is 824. The van der Waals surface area contributed by atoms with Crippen LogP contribution >= 0.6 is 11.6 Å². The van der Waals surface area contributed by atoms with Crippen molar-refractivity contribution in [1.82, 2.24) is 19.1 Å². The van der Waals surface area contributed by atoms with Crippen LogP contribution in [0.5, 0.6) is 0 Å². The van der Waals surface area contributed by atoms with Gasteiger partial charge in [-0.3, -0.25) is 13.9 Å². The van der Waals surface area contributed by atoms with Crippen molar-refractivity contribution in [2.75, 3.05) is 6.61 Å². The summed E-state index contributed by atoms with van der Waals surface area (Å²) in [7, 11) is 2.74. The van der Waals surface area contributed by atoms with Crippen LogP contribution in [0.25, 0.3) is 11.2 Å². The molecule has 2 aromatic rings. The van der Waals surface area contributed by atoms with Gasteiger partial charge in [0.05, 0.1) is 6.61 Å². The van der Waals surface area contributed by atoms with Gasteiger partial charge in [0, 0.05) is 14.1 Å². The van der Waals surface area contributed by atoms with Gasteiger partial charge >= 0.3 is 11.7 Å². The number of carbonyl (C=O) groups excluding carboxylic acids is 1. The molecule has 0 atom stereocenters. The highest BCUT2D eigenvalue weighted by molar-refractivity contribution is 6.32. The number of rotatable bonds is 2. The van der Waals surface area contributed by atoms with Crippen LogP contribution in [0.4, 0.5) is 0 Å². The van der Waals surface area contributed by atoms with Gasteiger partial charge in [-0.2, -0.15) is 0 Å². The smallest absolute Gasteiger partial charge is 0.360 e. The fourth-order valence-electron chi connectivity index (χ4n) is 1.67. The quantitative estimate of drug-likeness (QED) is 0.716.